The Bertz CT molecular complexity index is 234. The smallest absolute Gasteiger partial charge is 0.156 e. The van der Waals surface area contributed by atoms with Crippen LogP contribution in [0.1, 0.15) is 53.4 Å². The minimum absolute atomic E-state index is 0.720. The number of aliphatic imine (C=N–C) groups is 1. The highest BCUT2D eigenvalue weighted by molar-refractivity contribution is 8.14. The van der Waals surface area contributed by atoms with Crippen molar-refractivity contribution >= 4 is 16.9 Å². The van der Waals surface area contributed by atoms with Gasteiger partial charge in [0.1, 0.15) is 0 Å². The summed E-state index contributed by atoms with van der Waals surface area (Å²) < 4.78 is 0. The van der Waals surface area contributed by atoms with Crippen molar-refractivity contribution in [1.82, 2.24) is 5.32 Å². The lowest BCUT2D eigenvalue weighted by Crippen LogP contribution is -2.22. The highest BCUT2D eigenvalue weighted by atomic mass is 32.2. The van der Waals surface area contributed by atoms with E-state index in [1.165, 1.54) is 30.9 Å². The number of hydrogen-bond acceptors (Lipinski definition) is 3. The highest BCUT2D eigenvalue weighted by Gasteiger charge is 2.25. The van der Waals surface area contributed by atoms with Crippen LogP contribution in [-0.2, 0) is 0 Å². The Hall–Kier alpha value is -0.180. The molecule has 3 heteroatoms. The van der Waals surface area contributed by atoms with Crippen LogP contribution in [0, 0.1) is 11.8 Å². The van der Waals surface area contributed by atoms with Gasteiger partial charge in [-0.25, -0.2) is 0 Å². The maximum absolute atomic E-state index is 4.62. The Kier molecular flexibility index (Phi) is 7.02. The molecular formula is C14H28N2S. The van der Waals surface area contributed by atoms with Crippen molar-refractivity contribution in [3.63, 3.8) is 0 Å². The standard InChI is InChI=1S/C14H28N2S/c1-5-12(6-2)13-10-16-14(17-13)15-9-7-8-11(3)4/h11-13H,5-10H2,1-4H3,(H,15,16). The second kappa shape index (κ2) is 8.02. The van der Waals surface area contributed by atoms with Crippen LogP contribution >= 0.6 is 11.8 Å². The van der Waals surface area contributed by atoms with E-state index in [9.17, 15) is 0 Å². The van der Waals surface area contributed by atoms with Gasteiger partial charge >= 0.3 is 0 Å². The first-order valence-electron chi connectivity index (χ1n) is 7.12. The van der Waals surface area contributed by atoms with Gasteiger partial charge in [-0.2, -0.15) is 0 Å². The van der Waals surface area contributed by atoms with Gasteiger partial charge in [-0.3, -0.25) is 4.99 Å². The third-order valence-electron chi connectivity index (χ3n) is 3.49. The minimum atomic E-state index is 0.720. The molecule has 1 unspecified atom stereocenters. The first-order chi connectivity index (χ1) is 8.17. The molecule has 0 spiro atoms. The van der Waals surface area contributed by atoms with Crippen LogP contribution in [0.5, 0.6) is 0 Å². The molecule has 0 saturated carbocycles. The molecule has 0 fully saturated rings. The van der Waals surface area contributed by atoms with Gasteiger partial charge in [-0.15, -0.1) is 0 Å². The topological polar surface area (TPSA) is 24.4 Å². The number of hydrogen-bond donors (Lipinski definition) is 1. The lowest BCUT2D eigenvalue weighted by Gasteiger charge is -2.18. The van der Waals surface area contributed by atoms with Gasteiger partial charge in [-0.1, -0.05) is 52.3 Å². The van der Waals surface area contributed by atoms with Gasteiger partial charge < -0.3 is 5.32 Å². The van der Waals surface area contributed by atoms with E-state index in [0.717, 1.165) is 30.2 Å². The zero-order valence-corrected chi connectivity index (χ0v) is 12.6. The number of amidine groups is 1. The molecule has 100 valence electrons. The van der Waals surface area contributed by atoms with Crippen LogP contribution < -0.4 is 5.32 Å². The lowest BCUT2D eigenvalue weighted by atomic mass is 9.99. The lowest BCUT2D eigenvalue weighted by molar-refractivity contribution is 0.479. The fourth-order valence-electron chi connectivity index (χ4n) is 2.25. The summed E-state index contributed by atoms with van der Waals surface area (Å²) in [7, 11) is 0. The maximum Gasteiger partial charge on any atom is 0.156 e. The van der Waals surface area contributed by atoms with Crippen molar-refractivity contribution < 1.29 is 0 Å². The predicted octanol–water partition coefficient (Wildman–Crippen LogP) is 3.92. The van der Waals surface area contributed by atoms with Crippen molar-refractivity contribution in [2.75, 3.05) is 13.1 Å². The van der Waals surface area contributed by atoms with Gasteiger partial charge in [0.15, 0.2) is 5.17 Å². The maximum atomic E-state index is 4.62. The van der Waals surface area contributed by atoms with Gasteiger partial charge in [0.05, 0.1) is 6.54 Å². The highest BCUT2D eigenvalue weighted by Crippen LogP contribution is 2.30. The molecule has 0 aromatic heterocycles. The molecule has 1 heterocycles. The van der Waals surface area contributed by atoms with Crippen LogP contribution in [0.2, 0.25) is 0 Å². The van der Waals surface area contributed by atoms with E-state index in [1.807, 2.05) is 11.8 Å². The van der Waals surface area contributed by atoms with Crippen molar-refractivity contribution in [2.45, 2.75) is 58.6 Å². The largest absolute Gasteiger partial charge is 0.365 e. The molecule has 0 aromatic rings. The monoisotopic (exact) mass is 256 g/mol. The summed E-state index contributed by atoms with van der Waals surface area (Å²) in [6.07, 6.45) is 5.13. The van der Waals surface area contributed by atoms with Crippen molar-refractivity contribution in [1.29, 1.82) is 0 Å². The van der Waals surface area contributed by atoms with E-state index in [-0.39, 0.29) is 0 Å². The summed E-state index contributed by atoms with van der Waals surface area (Å²) >= 11 is 1.97. The van der Waals surface area contributed by atoms with Crippen LogP contribution in [-0.4, -0.2) is 23.5 Å². The Balaban J connectivity index is 2.16. The first-order valence-corrected chi connectivity index (χ1v) is 8.00. The Morgan fingerprint density at radius 2 is 2.06 bits per heavy atom. The van der Waals surface area contributed by atoms with E-state index in [1.54, 1.807) is 0 Å². The van der Waals surface area contributed by atoms with Gasteiger partial charge in [-0.05, 0) is 24.7 Å². The van der Waals surface area contributed by atoms with Crippen molar-refractivity contribution in [2.24, 2.45) is 16.8 Å². The second-order valence-electron chi connectivity index (χ2n) is 5.34. The van der Waals surface area contributed by atoms with Gasteiger partial charge in [0.2, 0.25) is 0 Å². The third-order valence-corrected chi connectivity index (χ3v) is 4.82. The van der Waals surface area contributed by atoms with Crippen LogP contribution in [0.25, 0.3) is 0 Å². The van der Waals surface area contributed by atoms with E-state index < -0.39 is 0 Å². The average molecular weight is 256 g/mol. The van der Waals surface area contributed by atoms with E-state index in [0.29, 0.717) is 0 Å². The molecule has 0 bridgehead atoms. The number of thioether (sulfide) groups is 1. The molecule has 0 radical (unpaired) electrons. The zero-order chi connectivity index (χ0) is 12.7. The van der Waals surface area contributed by atoms with Crippen LogP contribution in [0.4, 0.5) is 0 Å². The quantitative estimate of drug-likeness (QED) is 0.698. The van der Waals surface area contributed by atoms with E-state index in [2.05, 4.69) is 38.0 Å². The van der Waals surface area contributed by atoms with Crippen LogP contribution in [0.15, 0.2) is 4.99 Å². The first kappa shape index (κ1) is 14.9. The number of rotatable bonds is 7. The summed E-state index contributed by atoms with van der Waals surface area (Å²) in [4.78, 5) is 4.62. The number of nitrogens with one attached hydrogen (secondary N) is 1. The van der Waals surface area contributed by atoms with Crippen molar-refractivity contribution in [3.8, 4) is 0 Å². The average Bonchev–Trinajstić information content (AvgIpc) is 2.75. The van der Waals surface area contributed by atoms with E-state index in [4.69, 9.17) is 0 Å². The van der Waals surface area contributed by atoms with Crippen molar-refractivity contribution in [3.05, 3.63) is 0 Å². The molecule has 1 rings (SSSR count). The van der Waals surface area contributed by atoms with Crippen LogP contribution in [0.3, 0.4) is 0 Å². The summed E-state index contributed by atoms with van der Waals surface area (Å²) in [5, 5.41) is 5.39. The predicted molar refractivity (Wildman–Crippen MR) is 79.8 cm³/mol. The minimum Gasteiger partial charge on any atom is -0.365 e. The molecule has 2 nitrogen and oxygen atoms in total. The molecule has 1 aliphatic rings. The van der Waals surface area contributed by atoms with Gasteiger partial charge in [0.25, 0.3) is 0 Å². The summed E-state index contributed by atoms with van der Waals surface area (Å²) in [5.41, 5.74) is 0. The van der Waals surface area contributed by atoms with Gasteiger partial charge in [0, 0.05) is 11.8 Å². The number of nitrogens with zero attached hydrogens (tertiary/aromatic N) is 1. The Labute approximate surface area is 111 Å². The molecular weight excluding hydrogens is 228 g/mol. The molecule has 0 saturated heterocycles. The summed E-state index contributed by atoms with van der Waals surface area (Å²) in [5.74, 6) is 1.64. The Morgan fingerprint density at radius 1 is 1.35 bits per heavy atom. The second-order valence-corrected chi connectivity index (χ2v) is 6.57. The Morgan fingerprint density at radius 3 is 2.65 bits per heavy atom. The van der Waals surface area contributed by atoms with E-state index >= 15 is 0 Å². The SMILES string of the molecule is CCC(CC)C1CN=C(NCCCC(C)C)S1. The normalized spacial score (nSPS) is 20.1. The third kappa shape index (κ3) is 5.33. The molecule has 0 aromatic carbocycles. The molecule has 1 atom stereocenters. The fraction of sp³-hybridized carbons (Fsp3) is 0.929. The molecule has 17 heavy (non-hydrogen) atoms. The summed E-state index contributed by atoms with van der Waals surface area (Å²) in [6.45, 7) is 11.3. The fourth-order valence-corrected chi connectivity index (χ4v) is 3.60. The zero-order valence-electron chi connectivity index (χ0n) is 11.8. The molecule has 0 amide bonds. The molecule has 1 N–H and O–H groups in total. The molecule has 1 aliphatic heterocycles. The molecule has 0 aliphatic carbocycles. The summed E-state index contributed by atoms with van der Waals surface area (Å²) in [6, 6.07) is 0.